The number of nitrogens with zero attached hydrogens (tertiary/aromatic N) is 3. The third-order valence-electron chi connectivity index (χ3n) is 9.90. The van der Waals surface area contributed by atoms with Crippen LogP contribution >= 0.6 is 0 Å². The molecule has 0 radical (unpaired) electrons. The van der Waals surface area contributed by atoms with Gasteiger partial charge < -0.3 is 9.80 Å². The fourth-order valence-corrected chi connectivity index (χ4v) is 7.80. The summed E-state index contributed by atoms with van der Waals surface area (Å²) in [7, 11) is 0. The Morgan fingerprint density at radius 3 is 2.20 bits per heavy atom. The Kier molecular flexibility index (Phi) is 7.16. The van der Waals surface area contributed by atoms with E-state index < -0.39 is 0 Å². The van der Waals surface area contributed by atoms with Crippen molar-refractivity contribution < 1.29 is 0 Å². The van der Waals surface area contributed by atoms with Crippen molar-refractivity contribution >= 4 is 22.9 Å². The molecule has 40 heavy (non-hydrogen) atoms. The molecular formula is C37H43N3. The highest BCUT2D eigenvalue weighted by atomic mass is 15.5. The SMILES string of the molecule is CCCCc1ccc(-c2cccc(N3c4cccnc4N4c5ccccc5C(CC)C(CC)(CC)C34)c2C)cc1. The summed E-state index contributed by atoms with van der Waals surface area (Å²) >= 11 is 0. The molecular weight excluding hydrogens is 486 g/mol. The Hall–Kier alpha value is -3.59. The average molecular weight is 530 g/mol. The van der Waals surface area contributed by atoms with E-state index in [0.717, 1.165) is 31.5 Å². The van der Waals surface area contributed by atoms with Crippen molar-refractivity contribution in [3.05, 3.63) is 102 Å². The third-order valence-corrected chi connectivity index (χ3v) is 9.90. The van der Waals surface area contributed by atoms with Gasteiger partial charge in [-0.3, -0.25) is 0 Å². The zero-order chi connectivity index (χ0) is 27.9. The molecule has 0 fully saturated rings. The standard InChI is InChI=1S/C37H43N3/c1-6-10-15-27-21-23-28(24-22-27)29-17-13-19-32(26(29)5)39-34-20-14-25-38-35(34)40-33-18-12-11-16-30(33)31(7-2)37(8-3,9-4)36(39)40/h11-14,16-25,31,36H,6-10,15H2,1-5H3. The first-order chi connectivity index (χ1) is 19.6. The van der Waals surface area contributed by atoms with E-state index in [4.69, 9.17) is 4.98 Å². The van der Waals surface area contributed by atoms with Gasteiger partial charge in [-0.1, -0.05) is 88.7 Å². The molecule has 4 aromatic rings. The van der Waals surface area contributed by atoms with Gasteiger partial charge in [0, 0.05) is 23.0 Å². The van der Waals surface area contributed by atoms with Crippen LogP contribution in [0.3, 0.4) is 0 Å². The van der Waals surface area contributed by atoms with E-state index in [9.17, 15) is 0 Å². The Morgan fingerprint density at radius 1 is 0.750 bits per heavy atom. The fourth-order valence-electron chi connectivity index (χ4n) is 7.80. The zero-order valence-electron chi connectivity index (χ0n) is 24.8. The largest absolute Gasteiger partial charge is 0.316 e. The average Bonchev–Trinajstić information content (AvgIpc) is 3.35. The third kappa shape index (κ3) is 3.97. The summed E-state index contributed by atoms with van der Waals surface area (Å²) in [6.45, 7) is 11.7. The van der Waals surface area contributed by atoms with E-state index in [-0.39, 0.29) is 11.6 Å². The summed E-state index contributed by atoms with van der Waals surface area (Å²) in [5.41, 5.74) is 10.7. The normalized spacial score (nSPS) is 18.8. The first-order valence-corrected chi connectivity index (χ1v) is 15.4. The van der Waals surface area contributed by atoms with Crippen molar-refractivity contribution in [2.24, 2.45) is 5.41 Å². The maximum absolute atomic E-state index is 5.03. The number of unbranched alkanes of at least 4 members (excludes halogenated alkanes) is 1. The second-order valence-corrected chi connectivity index (χ2v) is 11.7. The molecule has 0 amide bonds. The number of hydrogen-bond donors (Lipinski definition) is 0. The second-order valence-electron chi connectivity index (χ2n) is 11.7. The lowest BCUT2D eigenvalue weighted by atomic mass is 9.62. The van der Waals surface area contributed by atoms with Gasteiger partial charge in [0.25, 0.3) is 0 Å². The van der Waals surface area contributed by atoms with Crippen LogP contribution in [0, 0.1) is 12.3 Å². The van der Waals surface area contributed by atoms with Crippen LogP contribution in [0.15, 0.2) is 85.1 Å². The minimum atomic E-state index is 0.0766. The smallest absolute Gasteiger partial charge is 0.158 e. The molecule has 2 unspecified atom stereocenters. The Morgan fingerprint density at radius 2 is 1.48 bits per heavy atom. The van der Waals surface area contributed by atoms with Crippen LogP contribution in [0.2, 0.25) is 0 Å². The van der Waals surface area contributed by atoms with Crippen molar-refractivity contribution in [1.82, 2.24) is 4.98 Å². The van der Waals surface area contributed by atoms with E-state index in [1.54, 1.807) is 0 Å². The van der Waals surface area contributed by atoms with Gasteiger partial charge in [-0.2, -0.15) is 0 Å². The quantitative estimate of drug-likeness (QED) is 0.226. The Labute approximate surface area is 240 Å². The van der Waals surface area contributed by atoms with E-state index >= 15 is 0 Å². The second kappa shape index (κ2) is 10.8. The highest BCUT2D eigenvalue weighted by Crippen LogP contribution is 2.63. The van der Waals surface area contributed by atoms with Gasteiger partial charge >= 0.3 is 0 Å². The number of benzene rings is 3. The van der Waals surface area contributed by atoms with Crippen LogP contribution in [0.4, 0.5) is 22.9 Å². The van der Waals surface area contributed by atoms with Gasteiger partial charge in [0.15, 0.2) is 5.82 Å². The summed E-state index contributed by atoms with van der Waals surface area (Å²) < 4.78 is 0. The van der Waals surface area contributed by atoms with Gasteiger partial charge in [0.05, 0.1) is 5.69 Å². The molecule has 3 heterocycles. The Balaban J connectivity index is 1.54. The van der Waals surface area contributed by atoms with Crippen molar-refractivity contribution in [3.8, 4) is 11.1 Å². The molecule has 0 N–H and O–H groups in total. The van der Waals surface area contributed by atoms with Gasteiger partial charge in [-0.25, -0.2) is 4.98 Å². The number of pyridine rings is 1. The summed E-state index contributed by atoms with van der Waals surface area (Å²) in [6.07, 6.45) is 9.10. The molecule has 206 valence electrons. The molecule has 0 spiro atoms. The number of hydrogen-bond acceptors (Lipinski definition) is 3. The fraction of sp³-hybridized carbons (Fsp3) is 0.378. The molecule has 2 aliphatic rings. The van der Waals surface area contributed by atoms with E-state index in [2.05, 4.69) is 123 Å². The highest BCUT2D eigenvalue weighted by Gasteiger charge is 2.57. The van der Waals surface area contributed by atoms with Crippen molar-refractivity contribution in [1.29, 1.82) is 0 Å². The first kappa shape index (κ1) is 26.6. The maximum atomic E-state index is 5.03. The number of fused-ring (bicyclic) bond motifs is 5. The molecule has 0 saturated carbocycles. The molecule has 2 atom stereocenters. The van der Waals surface area contributed by atoms with E-state index in [1.807, 2.05) is 6.20 Å². The minimum Gasteiger partial charge on any atom is -0.316 e. The maximum Gasteiger partial charge on any atom is 0.158 e. The lowest BCUT2D eigenvalue weighted by molar-refractivity contribution is 0.143. The highest BCUT2D eigenvalue weighted by molar-refractivity contribution is 5.90. The van der Waals surface area contributed by atoms with Crippen LogP contribution < -0.4 is 9.80 Å². The van der Waals surface area contributed by atoms with Gasteiger partial charge in [0.1, 0.15) is 6.17 Å². The molecule has 0 saturated heterocycles. The van der Waals surface area contributed by atoms with Crippen LogP contribution in [-0.2, 0) is 6.42 Å². The van der Waals surface area contributed by atoms with Crippen molar-refractivity contribution in [3.63, 3.8) is 0 Å². The minimum absolute atomic E-state index is 0.0766. The molecule has 3 nitrogen and oxygen atoms in total. The predicted octanol–water partition coefficient (Wildman–Crippen LogP) is 10.3. The van der Waals surface area contributed by atoms with Crippen LogP contribution in [0.5, 0.6) is 0 Å². The van der Waals surface area contributed by atoms with Crippen LogP contribution in [-0.4, -0.2) is 11.1 Å². The first-order valence-electron chi connectivity index (χ1n) is 15.4. The summed E-state index contributed by atoms with van der Waals surface area (Å²) in [6, 6.07) is 29.6. The molecule has 3 aromatic carbocycles. The summed E-state index contributed by atoms with van der Waals surface area (Å²) in [4.78, 5) is 10.2. The van der Waals surface area contributed by atoms with Gasteiger partial charge in [-0.05, 0) is 97.0 Å². The molecule has 3 heteroatoms. The van der Waals surface area contributed by atoms with Crippen molar-refractivity contribution in [2.75, 3.05) is 9.80 Å². The number of rotatable bonds is 8. The van der Waals surface area contributed by atoms with Crippen LogP contribution in [0.25, 0.3) is 11.1 Å². The monoisotopic (exact) mass is 529 g/mol. The summed E-state index contributed by atoms with van der Waals surface area (Å²) in [5, 5.41) is 0. The zero-order valence-corrected chi connectivity index (χ0v) is 24.8. The Bertz CT molecular complexity index is 1480. The van der Waals surface area contributed by atoms with Gasteiger partial charge in [0.2, 0.25) is 0 Å². The lowest BCUT2D eigenvalue weighted by Crippen LogP contribution is -2.57. The number of anilines is 4. The number of aryl methyl sites for hydroxylation is 1. The molecule has 0 bridgehead atoms. The number of aromatic nitrogens is 1. The molecule has 6 rings (SSSR count). The van der Waals surface area contributed by atoms with E-state index in [1.165, 1.54) is 57.7 Å². The molecule has 2 aliphatic heterocycles. The summed E-state index contributed by atoms with van der Waals surface area (Å²) in [5.74, 6) is 1.56. The molecule has 1 aromatic heterocycles. The van der Waals surface area contributed by atoms with E-state index in [0.29, 0.717) is 5.92 Å². The van der Waals surface area contributed by atoms with Crippen molar-refractivity contribution in [2.45, 2.75) is 85.2 Å². The van der Waals surface area contributed by atoms with Crippen LogP contribution in [0.1, 0.15) is 82.4 Å². The lowest BCUT2D eigenvalue weighted by Gasteiger charge is -2.55. The topological polar surface area (TPSA) is 19.4 Å². The molecule has 0 aliphatic carbocycles. The van der Waals surface area contributed by atoms with Gasteiger partial charge in [-0.15, -0.1) is 0 Å². The predicted molar refractivity (Wildman–Crippen MR) is 170 cm³/mol. The number of para-hydroxylation sites is 1.